The molecule has 0 aliphatic heterocycles. The smallest absolute Gasteiger partial charge is 0.248 e. The molecule has 0 heterocycles. The summed E-state index contributed by atoms with van der Waals surface area (Å²) in [6.07, 6.45) is -0.718. The predicted molar refractivity (Wildman–Crippen MR) is 57.6 cm³/mol. The van der Waals surface area contributed by atoms with Gasteiger partial charge in [0.25, 0.3) is 0 Å². The second-order valence-electron chi connectivity index (χ2n) is 4.62. The number of benzene rings is 1. The van der Waals surface area contributed by atoms with Crippen LogP contribution in [-0.2, 0) is 0 Å². The van der Waals surface area contributed by atoms with Crippen LogP contribution in [0.4, 0.5) is 17.6 Å². The summed E-state index contributed by atoms with van der Waals surface area (Å²) in [6, 6.07) is 2.62. The minimum absolute atomic E-state index is 0.0157. The molecule has 1 aliphatic rings. The standard InChI is InChI=1S/C13H12F4O/c14-9-1-2-11(15)10(7-9)12(18)8-3-5-13(16,17)6-4-8/h1-2,7-8H,3-6H2. The topological polar surface area (TPSA) is 17.1 Å². The summed E-state index contributed by atoms with van der Waals surface area (Å²) in [6.45, 7) is 0. The molecular formula is C13H12F4O. The summed E-state index contributed by atoms with van der Waals surface area (Å²) < 4.78 is 52.2. The fourth-order valence-electron chi connectivity index (χ4n) is 2.21. The van der Waals surface area contributed by atoms with Crippen LogP contribution in [0.15, 0.2) is 18.2 Å². The first-order valence-corrected chi connectivity index (χ1v) is 5.76. The average Bonchev–Trinajstić information content (AvgIpc) is 2.31. The van der Waals surface area contributed by atoms with Crippen LogP contribution in [-0.4, -0.2) is 11.7 Å². The second kappa shape index (κ2) is 4.71. The maximum absolute atomic E-state index is 13.4. The molecule has 1 saturated carbocycles. The number of hydrogen-bond donors (Lipinski definition) is 0. The Labute approximate surface area is 102 Å². The lowest BCUT2D eigenvalue weighted by Gasteiger charge is -2.27. The molecule has 0 N–H and O–H groups in total. The van der Waals surface area contributed by atoms with Crippen molar-refractivity contribution in [3.05, 3.63) is 35.4 Å². The van der Waals surface area contributed by atoms with Crippen molar-refractivity contribution in [1.82, 2.24) is 0 Å². The highest BCUT2D eigenvalue weighted by Crippen LogP contribution is 2.37. The van der Waals surface area contributed by atoms with E-state index in [1.54, 1.807) is 0 Å². The van der Waals surface area contributed by atoms with Crippen LogP contribution >= 0.6 is 0 Å². The molecule has 18 heavy (non-hydrogen) atoms. The van der Waals surface area contributed by atoms with E-state index in [9.17, 15) is 22.4 Å². The molecule has 0 saturated heterocycles. The lowest BCUT2D eigenvalue weighted by Crippen LogP contribution is -2.29. The van der Waals surface area contributed by atoms with E-state index in [0.717, 1.165) is 18.2 Å². The summed E-state index contributed by atoms with van der Waals surface area (Å²) in [5.74, 6) is -5.47. The minimum atomic E-state index is -2.74. The second-order valence-corrected chi connectivity index (χ2v) is 4.62. The number of Topliss-reactive ketones (excluding diaryl/α,β-unsaturated/α-hetero) is 1. The molecule has 5 heteroatoms. The Kier molecular flexibility index (Phi) is 3.41. The Bertz CT molecular complexity index is 460. The summed E-state index contributed by atoms with van der Waals surface area (Å²) in [5.41, 5.74) is -0.342. The zero-order chi connectivity index (χ0) is 13.3. The summed E-state index contributed by atoms with van der Waals surface area (Å²) in [4.78, 5) is 11.9. The molecule has 0 unspecified atom stereocenters. The quantitative estimate of drug-likeness (QED) is 0.580. The Morgan fingerprint density at radius 2 is 1.78 bits per heavy atom. The van der Waals surface area contributed by atoms with E-state index in [4.69, 9.17) is 0 Å². The average molecular weight is 260 g/mol. The summed E-state index contributed by atoms with van der Waals surface area (Å²) in [7, 11) is 0. The van der Waals surface area contributed by atoms with Crippen molar-refractivity contribution >= 4 is 5.78 Å². The van der Waals surface area contributed by atoms with Crippen molar-refractivity contribution in [3.63, 3.8) is 0 Å². The van der Waals surface area contributed by atoms with Crippen LogP contribution in [0, 0.1) is 17.6 Å². The molecule has 2 rings (SSSR count). The SMILES string of the molecule is O=C(c1cc(F)ccc1F)C1CCC(F)(F)CC1. The monoisotopic (exact) mass is 260 g/mol. The van der Waals surface area contributed by atoms with Gasteiger partial charge in [-0.25, -0.2) is 17.6 Å². The van der Waals surface area contributed by atoms with E-state index < -0.39 is 29.3 Å². The molecule has 1 aromatic rings. The van der Waals surface area contributed by atoms with Gasteiger partial charge in [-0.1, -0.05) is 0 Å². The zero-order valence-corrected chi connectivity index (χ0v) is 9.56. The fourth-order valence-corrected chi connectivity index (χ4v) is 2.21. The van der Waals surface area contributed by atoms with Crippen LogP contribution in [0.25, 0.3) is 0 Å². The molecule has 0 radical (unpaired) electrons. The Balaban J connectivity index is 2.15. The van der Waals surface area contributed by atoms with Crippen LogP contribution in [0.3, 0.4) is 0 Å². The van der Waals surface area contributed by atoms with Crippen LogP contribution in [0.2, 0.25) is 0 Å². The molecule has 0 aromatic heterocycles. The molecule has 1 aliphatic carbocycles. The maximum atomic E-state index is 13.4. The number of carbonyl (C=O) groups is 1. The van der Waals surface area contributed by atoms with Gasteiger partial charge >= 0.3 is 0 Å². The number of alkyl halides is 2. The third-order valence-electron chi connectivity index (χ3n) is 3.28. The van der Waals surface area contributed by atoms with Gasteiger partial charge in [-0.2, -0.15) is 0 Å². The molecular weight excluding hydrogens is 248 g/mol. The number of hydrogen-bond acceptors (Lipinski definition) is 1. The van der Waals surface area contributed by atoms with Crippen molar-refractivity contribution in [2.24, 2.45) is 5.92 Å². The van der Waals surface area contributed by atoms with E-state index >= 15 is 0 Å². The van der Waals surface area contributed by atoms with Gasteiger partial charge < -0.3 is 0 Å². The largest absolute Gasteiger partial charge is 0.294 e. The fraction of sp³-hybridized carbons (Fsp3) is 0.462. The van der Waals surface area contributed by atoms with E-state index in [0.29, 0.717) is 0 Å². The van der Waals surface area contributed by atoms with Crippen molar-refractivity contribution in [2.75, 3.05) is 0 Å². The minimum Gasteiger partial charge on any atom is -0.294 e. The number of ketones is 1. The maximum Gasteiger partial charge on any atom is 0.248 e. The van der Waals surface area contributed by atoms with E-state index in [2.05, 4.69) is 0 Å². The van der Waals surface area contributed by atoms with Gasteiger partial charge in [0.15, 0.2) is 5.78 Å². The van der Waals surface area contributed by atoms with Crippen molar-refractivity contribution < 1.29 is 22.4 Å². The van der Waals surface area contributed by atoms with Gasteiger partial charge in [0, 0.05) is 18.8 Å². The molecule has 0 bridgehead atoms. The molecule has 1 nitrogen and oxygen atoms in total. The normalized spacial score (nSPS) is 19.8. The lowest BCUT2D eigenvalue weighted by molar-refractivity contribution is -0.0424. The number of carbonyl (C=O) groups excluding carboxylic acids is 1. The highest BCUT2D eigenvalue weighted by Gasteiger charge is 2.38. The molecule has 0 spiro atoms. The van der Waals surface area contributed by atoms with Gasteiger partial charge in [-0.15, -0.1) is 0 Å². The van der Waals surface area contributed by atoms with E-state index in [1.807, 2.05) is 0 Å². The Morgan fingerprint density at radius 3 is 2.39 bits per heavy atom. The van der Waals surface area contributed by atoms with Gasteiger partial charge in [0.1, 0.15) is 11.6 Å². The van der Waals surface area contributed by atoms with Crippen LogP contribution in [0.5, 0.6) is 0 Å². The van der Waals surface area contributed by atoms with Gasteiger partial charge in [0.2, 0.25) is 5.92 Å². The first-order valence-electron chi connectivity index (χ1n) is 5.76. The highest BCUT2D eigenvalue weighted by atomic mass is 19.3. The summed E-state index contributed by atoms with van der Waals surface area (Å²) in [5, 5.41) is 0. The highest BCUT2D eigenvalue weighted by molar-refractivity contribution is 5.98. The first-order chi connectivity index (χ1) is 8.39. The number of halogens is 4. The Hall–Kier alpha value is -1.39. The molecule has 0 atom stereocenters. The van der Waals surface area contributed by atoms with E-state index in [1.165, 1.54) is 0 Å². The van der Waals surface area contributed by atoms with Crippen LogP contribution in [0.1, 0.15) is 36.0 Å². The van der Waals surface area contributed by atoms with Crippen LogP contribution < -0.4 is 0 Å². The molecule has 98 valence electrons. The Morgan fingerprint density at radius 1 is 1.17 bits per heavy atom. The lowest BCUT2D eigenvalue weighted by atomic mass is 9.82. The van der Waals surface area contributed by atoms with Crippen molar-refractivity contribution in [1.29, 1.82) is 0 Å². The van der Waals surface area contributed by atoms with E-state index in [-0.39, 0.29) is 31.2 Å². The van der Waals surface area contributed by atoms with Crippen molar-refractivity contribution in [2.45, 2.75) is 31.6 Å². The van der Waals surface area contributed by atoms with Crippen molar-refractivity contribution in [3.8, 4) is 0 Å². The third-order valence-corrected chi connectivity index (χ3v) is 3.28. The predicted octanol–water partition coefficient (Wildman–Crippen LogP) is 3.97. The van der Waals surface area contributed by atoms with Gasteiger partial charge in [-0.05, 0) is 31.0 Å². The first kappa shape index (κ1) is 13.1. The summed E-state index contributed by atoms with van der Waals surface area (Å²) >= 11 is 0. The van der Waals surface area contributed by atoms with Gasteiger partial charge in [-0.3, -0.25) is 4.79 Å². The molecule has 1 fully saturated rings. The molecule has 0 amide bonds. The third kappa shape index (κ3) is 2.71. The number of rotatable bonds is 2. The molecule has 1 aromatic carbocycles. The van der Waals surface area contributed by atoms with Gasteiger partial charge in [0.05, 0.1) is 5.56 Å². The zero-order valence-electron chi connectivity index (χ0n) is 9.56.